The van der Waals surface area contributed by atoms with Crippen molar-refractivity contribution in [2.75, 3.05) is 19.7 Å². The number of tetrazole rings is 1. The average molecular weight is 437 g/mol. The van der Waals surface area contributed by atoms with Crippen molar-refractivity contribution in [3.8, 4) is 0 Å². The highest BCUT2D eigenvalue weighted by molar-refractivity contribution is 5.80. The molecule has 0 radical (unpaired) electrons. The number of aromatic nitrogens is 5. The van der Waals surface area contributed by atoms with Gasteiger partial charge in [-0.3, -0.25) is 9.69 Å². The number of pyridine rings is 1. The number of benzene rings is 1. The number of hydrogen-bond acceptors (Lipinski definition) is 6. The lowest BCUT2D eigenvalue weighted by Gasteiger charge is -2.30. The maximum atomic E-state index is 13.3. The first-order valence-corrected chi connectivity index (χ1v) is 12.0. The molecule has 0 amide bonds. The highest BCUT2D eigenvalue weighted by Gasteiger charge is 2.31. The molecule has 8 nitrogen and oxygen atoms in total. The summed E-state index contributed by atoms with van der Waals surface area (Å²) in [5.74, 6) is 0.735. The monoisotopic (exact) mass is 436 g/mol. The molecule has 2 saturated heterocycles. The Morgan fingerprint density at radius 1 is 1.16 bits per heavy atom. The Kier molecular flexibility index (Phi) is 6.32. The van der Waals surface area contributed by atoms with Gasteiger partial charge in [0.15, 0.2) is 5.82 Å². The molecule has 32 heavy (non-hydrogen) atoms. The highest BCUT2D eigenvalue weighted by atomic mass is 16.5. The minimum absolute atomic E-state index is 0.0670. The van der Waals surface area contributed by atoms with Gasteiger partial charge in [-0.15, -0.1) is 5.10 Å². The smallest absolute Gasteiger partial charge is 0.253 e. The van der Waals surface area contributed by atoms with Crippen molar-refractivity contribution in [1.82, 2.24) is 30.1 Å². The molecule has 2 fully saturated rings. The van der Waals surface area contributed by atoms with Crippen LogP contribution in [0.3, 0.4) is 0 Å². The van der Waals surface area contributed by atoms with Gasteiger partial charge in [0.1, 0.15) is 6.04 Å². The molecule has 1 N–H and O–H groups in total. The summed E-state index contributed by atoms with van der Waals surface area (Å²) in [6, 6.07) is 8.02. The maximum absolute atomic E-state index is 13.3. The zero-order valence-corrected chi connectivity index (χ0v) is 18.8. The molecule has 3 aromatic rings. The number of nitrogens with zero attached hydrogens (tertiary/aromatic N) is 5. The fourth-order valence-corrected chi connectivity index (χ4v) is 5.07. The molecule has 0 unspecified atom stereocenters. The van der Waals surface area contributed by atoms with Crippen LogP contribution in [-0.2, 0) is 17.7 Å². The standard InChI is InChI=1S/C24H32N6O2/c1-2-17-9-10-21-18(14-17)15-20(24(31)25-21)22(29-11-5-3-4-6-12-29)23-26-27-28-30(23)16-19-8-7-13-32-19/h9-10,14-15,19,22H,2-8,11-13,16H2,1H3,(H,25,31)/t19-,22+/m0/s1. The first kappa shape index (κ1) is 21.3. The van der Waals surface area contributed by atoms with Crippen molar-refractivity contribution in [2.24, 2.45) is 0 Å². The second-order valence-electron chi connectivity index (χ2n) is 9.04. The number of hydrogen-bond donors (Lipinski definition) is 1. The van der Waals surface area contributed by atoms with E-state index < -0.39 is 0 Å². The van der Waals surface area contributed by atoms with Gasteiger partial charge in [0.2, 0.25) is 0 Å². The van der Waals surface area contributed by atoms with Crippen molar-refractivity contribution < 1.29 is 4.74 Å². The lowest BCUT2D eigenvalue weighted by atomic mass is 10.0. The molecule has 5 rings (SSSR count). The van der Waals surface area contributed by atoms with Crippen molar-refractivity contribution in [1.29, 1.82) is 0 Å². The normalized spacial score (nSPS) is 21.1. The summed E-state index contributed by atoms with van der Waals surface area (Å²) in [5, 5.41) is 13.8. The Bertz CT molecular complexity index is 1110. The minimum atomic E-state index is -0.275. The van der Waals surface area contributed by atoms with Crippen LogP contribution in [0.25, 0.3) is 10.9 Å². The summed E-state index contributed by atoms with van der Waals surface area (Å²) in [6.45, 7) is 5.43. The van der Waals surface area contributed by atoms with Crippen LogP contribution in [0.5, 0.6) is 0 Å². The Morgan fingerprint density at radius 2 is 2.00 bits per heavy atom. The van der Waals surface area contributed by atoms with Crippen LogP contribution in [0.2, 0.25) is 0 Å². The van der Waals surface area contributed by atoms with Gasteiger partial charge in [-0.25, -0.2) is 4.68 Å². The van der Waals surface area contributed by atoms with Gasteiger partial charge in [0.05, 0.1) is 12.6 Å². The predicted molar refractivity (Wildman–Crippen MR) is 123 cm³/mol. The molecule has 0 aliphatic carbocycles. The molecule has 4 heterocycles. The lowest BCUT2D eigenvalue weighted by Crippen LogP contribution is -2.36. The Hall–Kier alpha value is -2.58. The first-order valence-electron chi connectivity index (χ1n) is 12.0. The summed E-state index contributed by atoms with van der Waals surface area (Å²) in [4.78, 5) is 18.8. The van der Waals surface area contributed by atoms with Gasteiger partial charge in [-0.1, -0.05) is 25.8 Å². The Labute approximate surface area is 188 Å². The molecular weight excluding hydrogens is 404 g/mol. The van der Waals surface area contributed by atoms with Crippen LogP contribution >= 0.6 is 0 Å². The second-order valence-corrected chi connectivity index (χ2v) is 9.04. The molecule has 0 saturated carbocycles. The van der Waals surface area contributed by atoms with Gasteiger partial charge in [0.25, 0.3) is 5.56 Å². The quantitative estimate of drug-likeness (QED) is 0.638. The number of aromatic amines is 1. The number of H-pyrrole nitrogens is 1. The zero-order chi connectivity index (χ0) is 21.9. The van der Waals surface area contributed by atoms with Crippen molar-refractivity contribution >= 4 is 10.9 Å². The van der Waals surface area contributed by atoms with Gasteiger partial charge >= 0.3 is 0 Å². The van der Waals surface area contributed by atoms with Gasteiger partial charge in [0, 0.05) is 17.7 Å². The summed E-state index contributed by atoms with van der Waals surface area (Å²) in [5.41, 5.74) is 2.77. The molecule has 2 aliphatic rings. The number of rotatable bonds is 6. The third-order valence-corrected chi connectivity index (χ3v) is 6.85. The molecule has 2 atom stereocenters. The molecular formula is C24H32N6O2. The van der Waals surface area contributed by atoms with E-state index in [0.717, 1.165) is 74.1 Å². The predicted octanol–water partition coefficient (Wildman–Crippen LogP) is 3.22. The van der Waals surface area contributed by atoms with Crippen LogP contribution in [-0.4, -0.2) is 55.9 Å². The SMILES string of the molecule is CCc1ccc2[nH]c(=O)c([C@H](c3nnnn3C[C@@H]3CCCO3)N3CCCCCC3)cc2c1. The van der Waals surface area contributed by atoms with E-state index in [1.165, 1.54) is 18.4 Å². The molecule has 0 bridgehead atoms. The highest BCUT2D eigenvalue weighted by Crippen LogP contribution is 2.30. The van der Waals surface area contributed by atoms with E-state index in [1.807, 2.05) is 16.8 Å². The summed E-state index contributed by atoms with van der Waals surface area (Å²) in [7, 11) is 0. The number of ether oxygens (including phenoxy) is 1. The van der Waals surface area contributed by atoms with E-state index in [0.29, 0.717) is 6.54 Å². The van der Waals surface area contributed by atoms with E-state index in [9.17, 15) is 4.79 Å². The summed E-state index contributed by atoms with van der Waals surface area (Å²) >= 11 is 0. The van der Waals surface area contributed by atoms with Crippen LogP contribution in [0.1, 0.15) is 68.4 Å². The number of nitrogens with one attached hydrogen (secondary N) is 1. The van der Waals surface area contributed by atoms with Crippen LogP contribution < -0.4 is 5.56 Å². The van der Waals surface area contributed by atoms with Crippen LogP contribution in [0.4, 0.5) is 0 Å². The van der Waals surface area contributed by atoms with E-state index in [2.05, 4.69) is 44.5 Å². The number of aryl methyl sites for hydroxylation is 1. The Balaban J connectivity index is 1.60. The van der Waals surface area contributed by atoms with Crippen molar-refractivity contribution in [3.05, 3.63) is 51.6 Å². The molecule has 2 aliphatic heterocycles. The summed E-state index contributed by atoms with van der Waals surface area (Å²) in [6.07, 6.45) is 7.86. The first-order chi connectivity index (χ1) is 15.7. The number of fused-ring (bicyclic) bond motifs is 1. The zero-order valence-electron chi connectivity index (χ0n) is 18.8. The third-order valence-electron chi connectivity index (χ3n) is 6.85. The van der Waals surface area contributed by atoms with Gasteiger partial charge < -0.3 is 9.72 Å². The van der Waals surface area contributed by atoms with Crippen molar-refractivity contribution in [3.63, 3.8) is 0 Å². The molecule has 8 heteroatoms. The second kappa shape index (κ2) is 9.50. The van der Waals surface area contributed by atoms with Crippen molar-refractivity contribution in [2.45, 2.75) is 70.6 Å². The fraction of sp³-hybridized carbons (Fsp3) is 0.583. The number of likely N-dealkylation sites (tertiary alicyclic amines) is 1. The van der Waals surface area contributed by atoms with E-state index in [1.54, 1.807) is 0 Å². The van der Waals surface area contributed by atoms with E-state index >= 15 is 0 Å². The van der Waals surface area contributed by atoms with Gasteiger partial charge in [-0.05, 0) is 84.8 Å². The lowest BCUT2D eigenvalue weighted by molar-refractivity contribution is 0.0909. The molecule has 1 aromatic carbocycles. The topological polar surface area (TPSA) is 88.9 Å². The maximum Gasteiger partial charge on any atom is 0.253 e. The summed E-state index contributed by atoms with van der Waals surface area (Å²) < 4.78 is 7.70. The molecule has 2 aromatic heterocycles. The largest absolute Gasteiger partial charge is 0.376 e. The minimum Gasteiger partial charge on any atom is -0.376 e. The Morgan fingerprint density at radius 3 is 2.75 bits per heavy atom. The van der Waals surface area contributed by atoms with E-state index in [-0.39, 0.29) is 17.7 Å². The van der Waals surface area contributed by atoms with Crippen LogP contribution in [0.15, 0.2) is 29.1 Å². The fourth-order valence-electron chi connectivity index (χ4n) is 5.07. The van der Waals surface area contributed by atoms with E-state index in [4.69, 9.17) is 4.74 Å². The van der Waals surface area contributed by atoms with Gasteiger partial charge in [-0.2, -0.15) is 0 Å². The average Bonchev–Trinajstić information content (AvgIpc) is 3.41. The molecule has 0 spiro atoms. The third kappa shape index (κ3) is 4.34. The van der Waals surface area contributed by atoms with Crippen LogP contribution in [0, 0.1) is 0 Å². The molecule has 170 valence electrons.